The van der Waals surface area contributed by atoms with E-state index in [0.717, 1.165) is 0 Å². The van der Waals surface area contributed by atoms with Crippen molar-refractivity contribution in [3.63, 3.8) is 0 Å². The zero-order valence-electron chi connectivity index (χ0n) is 5.82. The van der Waals surface area contributed by atoms with Crippen LogP contribution >= 0.6 is 0 Å². The van der Waals surface area contributed by atoms with Crippen molar-refractivity contribution in [2.24, 2.45) is 0 Å². The van der Waals surface area contributed by atoms with Crippen LogP contribution in [0.25, 0.3) is 0 Å². The van der Waals surface area contributed by atoms with Gasteiger partial charge in [-0.3, -0.25) is 0 Å². The summed E-state index contributed by atoms with van der Waals surface area (Å²) in [6, 6.07) is 0. The minimum absolute atomic E-state index is 1.19. The minimum atomic E-state index is 1.19. The molecule has 0 heterocycles. The van der Waals surface area contributed by atoms with Crippen molar-refractivity contribution < 1.29 is 0 Å². The molecule has 0 aromatic rings. The van der Waals surface area contributed by atoms with Crippen molar-refractivity contribution in [3.8, 4) is 0 Å². The molecular weight excluding hydrogens is 91.0 g/mol. The van der Waals surface area contributed by atoms with Crippen molar-refractivity contribution in [1.29, 1.82) is 0 Å². The zero-order valence-corrected chi connectivity index (χ0v) is 5.82. The van der Waals surface area contributed by atoms with E-state index in [1.807, 2.05) is 6.08 Å². The summed E-state index contributed by atoms with van der Waals surface area (Å²) in [4.78, 5) is 0. The van der Waals surface area contributed by atoms with Crippen LogP contribution in [0.3, 0.4) is 0 Å². The number of unbranched alkanes of at least 4 members (excludes halogenated alkanes) is 3. The average Bonchev–Trinajstić information content (AvgIpc) is 1.81. The Morgan fingerprint density at radius 1 is 1.25 bits per heavy atom. The first-order valence-corrected chi connectivity index (χ1v) is 3.52. The molecule has 0 fully saturated rings. The van der Waals surface area contributed by atoms with E-state index in [0.29, 0.717) is 0 Å². The van der Waals surface area contributed by atoms with E-state index in [4.69, 9.17) is 0 Å². The first kappa shape index (κ1) is 8.34. The van der Waals surface area contributed by atoms with E-state index < -0.39 is 0 Å². The van der Waals surface area contributed by atoms with Crippen LogP contribution in [0.5, 0.6) is 0 Å². The molecule has 0 nitrogen and oxygen atoms in total. The molecule has 0 rings (SSSR count). The molecule has 0 aliphatic rings. The van der Waals surface area contributed by atoms with Crippen LogP contribution in [-0.2, 0) is 0 Å². The molecule has 42 valence electrons. The Bertz CT molecular complexity index is 50.3. The summed E-state index contributed by atoms with van der Waals surface area (Å²) in [6.07, 6.45) is 7.28. The van der Waals surface area contributed by atoms with E-state index in [1.54, 1.807) is 0 Å². The molecule has 0 atom stereocenters. The van der Waals surface area contributed by atoms with Gasteiger partial charge in [-0.15, -0.1) is 0 Å². The van der Waals surface area contributed by atoms with Crippen LogP contribution in [0.2, 0.25) is 5.09 Å². The molecule has 0 spiro atoms. The van der Waals surface area contributed by atoms with Gasteiger partial charge in [0.1, 0.15) is 0 Å². The third-order valence-electron chi connectivity index (χ3n) is 1.26. The van der Waals surface area contributed by atoms with E-state index in [9.17, 15) is 0 Å². The van der Waals surface area contributed by atoms with Gasteiger partial charge in [0.05, 0.1) is 0 Å². The number of allylic oxidation sites excluding steroid dienone is 1. The second kappa shape index (κ2) is 7.34. The molecule has 8 heavy (non-hydrogen) atoms. The fourth-order valence-electron chi connectivity index (χ4n) is 0.715. The Morgan fingerprint density at radius 2 is 2.00 bits per heavy atom. The summed E-state index contributed by atoms with van der Waals surface area (Å²) in [5.74, 6) is 0. The van der Waals surface area contributed by atoms with E-state index in [-0.39, 0.29) is 0 Å². The maximum atomic E-state index is 3.66. The quantitative estimate of drug-likeness (QED) is 0.285. The number of hydrogen-bond acceptors (Lipinski definition) is 0. The third-order valence-corrected chi connectivity index (χ3v) is 1.26. The van der Waals surface area contributed by atoms with Crippen molar-refractivity contribution in [1.82, 2.24) is 0 Å². The molecule has 0 radical (unpaired) electrons. The molecule has 0 unspecified atom stereocenters. The topological polar surface area (TPSA) is 0 Å². The summed E-state index contributed by atoms with van der Waals surface area (Å²) in [7, 11) is 0. The van der Waals surface area contributed by atoms with Crippen LogP contribution in [0.4, 0.5) is 0 Å². The Morgan fingerprint density at radius 3 is 2.50 bits per heavy atom. The molecule has 0 N–H and O–H groups in total. The zero-order chi connectivity index (χ0) is 6.24. The van der Waals surface area contributed by atoms with Gasteiger partial charge in [-0.2, -0.15) is 0 Å². The van der Waals surface area contributed by atoms with Crippen LogP contribution in [0.1, 0.15) is 25.7 Å². The fraction of sp³-hybridized carbons (Fsp3) is 0.714. The molecule has 0 aliphatic heterocycles. The molecule has 0 aliphatic carbocycles. The standard InChI is InChI=1S/C7H13.Li/c1-3-5-7-6-4-2;/h3H,1-2,4-7H2;. The van der Waals surface area contributed by atoms with Gasteiger partial charge in [-0.1, -0.05) is 0 Å². The molecule has 1 heteroatoms. The van der Waals surface area contributed by atoms with Gasteiger partial charge in [0.15, 0.2) is 0 Å². The molecule has 0 aromatic heterocycles. The Hall–Kier alpha value is 0.337. The van der Waals surface area contributed by atoms with Crippen LogP contribution in [0, 0.1) is 0 Å². The normalized spacial score (nSPS) is 9.25. The third kappa shape index (κ3) is 6.34. The van der Waals surface area contributed by atoms with Crippen molar-refractivity contribution in [3.05, 3.63) is 12.7 Å². The summed E-state index contributed by atoms with van der Waals surface area (Å²) < 4.78 is 0. The first-order chi connectivity index (χ1) is 3.91. The summed E-state index contributed by atoms with van der Waals surface area (Å²) >= 11 is 2.23. The van der Waals surface area contributed by atoms with Gasteiger partial charge in [-0.05, 0) is 0 Å². The number of hydrogen-bond donors (Lipinski definition) is 0. The van der Waals surface area contributed by atoms with Crippen LogP contribution in [0.15, 0.2) is 12.7 Å². The molecule has 0 bridgehead atoms. The van der Waals surface area contributed by atoms with Crippen LogP contribution in [-0.4, -0.2) is 17.7 Å². The Balaban J connectivity index is 2.62. The van der Waals surface area contributed by atoms with E-state index in [2.05, 4.69) is 24.3 Å². The van der Waals surface area contributed by atoms with Gasteiger partial charge < -0.3 is 0 Å². The Kier molecular flexibility index (Phi) is 7.65. The van der Waals surface area contributed by atoms with Gasteiger partial charge in [0, 0.05) is 0 Å². The molecule has 0 saturated heterocycles. The average molecular weight is 104 g/mol. The molecular formula is C7H13Li. The monoisotopic (exact) mass is 104 g/mol. The predicted molar refractivity (Wildman–Crippen MR) is 39.2 cm³/mol. The number of rotatable bonds is 5. The van der Waals surface area contributed by atoms with Gasteiger partial charge in [-0.25, -0.2) is 0 Å². The SMILES string of the molecule is [Li][CH2]CCCCC=C. The summed E-state index contributed by atoms with van der Waals surface area (Å²) in [6.45, 7) is 3.66. The van der Waals surface area contributed by atoms with Gasteiger partial charge in [0.25, 0.3) is 0 Å². The molecule has 0 saturated carbocycles. The van der Waals surface area contributed by atoms with Crippen LogP contribution < -0.4 is 0 Å². The van der Waals surface area contributed by atoms with E-state index in [1.165, 1.54) is 30.8 Å². The van der Waals surface area contributed by atoms with Crippen molar-refractivity contribution in [2.45, 2.75) is 30.8 Å². The summed E-state index contributed by atoms with van der Waals surface area (Å²) in [5.41, 5.74) is 0. The summed E-state index contributed by atoms with van der Waals surface area (Å²) in [5, 5.41) is 1.33. The fourth-order valence-corrected chi connectivity index (χ4v) is 0.715. The molecule has 0 amide bonds. The Labute approximate surface area is 61.6 Å². The maximum absolute atomic E-state index is 3.66. The van der Waals surface area contributed by atoms with Gasteiger partial charge >= 0.3 is 61.1 Å². The molecule has 0 aromatic carbocycles. The van der Waals surface area contributed by atoms with E-state index >= 15 is 0 Å². The van der Waals surface area contributed by atoms with Crippen molar-refractivity contribution >= 4 is 17.7 Å². The van der Waals surface area contributed by atoms with Gasteiger partial charge in [0.2, 0.25) is 0 Å². The first-order valence-electron chi connectivity index (χ1n) is 3.52. The van der Waals surface area contributed by atoms with Crippen molar-refractivity contribution in [2.75, 3.05) is 0 Å². The second-order valence-electron chi connectivity index (χ2n) is 2.14. The predicted octanol–water partition coefficient (Wildman–Crippen LogP) is 2.32. The second-order valence-corrected chi connectivity index (χ2v) is 2.14.